The van der Waals surface area contributed by atoms with Crippen LogP contribution in [0.3, 0.4) is 0 Å². The molecule has 0 spiro atoms. The first-order chi connectivity index (χ1) is 30.4. The molecular formula is C42H42Cl3F3N2O13S. The topological polar surface area (TPSA) is 176 Å². The number of ether oxygens (including phenoxy) is 9. The molecule has 22 heteroatoms. The average molecular weight is 978 g/mol. The zero-order valence-corrected chi connectivity index (χ0v) is 37.1. The Morgan fingerprint density at radius 3 is 2.09 bits per heavy atom. The van der Waals surface area contributed by atoms with Crippen molar-refractivity contribution in [3.63, 3.8) is 0 Å². The molecule has 3 heterocycles. The number of nitrogens with one attached hydrogen (secondary N) is 1. The number of rotatable bonds is 13. The number of nitrogens with zero attached hydrogens (tertiary/aromatic N) is 1. The number of carbonyl (C=O) groups is 4. The van der Waals surface area contributed by atoms with Crippen LogP contribution < -0.4 is 5.32 Å². The molecule has 0 saturated carbocycles. The number of hydrogen-bond donors (Lipinski definition) is 1. The first-order valence-corrected chi connectivity index (χ1v) is 21.5. The van der Waals surface area contributed by atoms with Crippen LogP contribution in [-0.4, -0.2) is 114 Å². The highest BCUT2D eigenvalue weighted by atomic mass is 35.6. The van der Waals surface area contributed by atoms with E-state index >= 15 is 0 Å². The lowest BCUT2D eigenvalue weighted by Crippen LogP contribution is -2.69. The molecule has 3 fully saturated rings. The van der Waals surface area contributed by atoms with E-state index in [1.165, 1.54) is 23.9 Å². The van der Waals surface area contributed by atoms with Gasteiger partial charge in [-0.1, -0.05) is 113 Å². The van der Waals surface area contributed by atoms with Crippen molar-refractivity contribution in [1.29, 1.82) is 0 Å². The Bertz CT molecular complexity index is 2110. The molecule has 1 N–H and O–H groups in total. The summed E-state index contributed by atoms with van der Waals surface area (Å²) in [6.07, 6.45) is -15.9. The van der Waals surface area contributed by atoms with Crippen LogP contribution in [-0.2, 0) is 63.2 Å². The Labute approximate surface area is 384 Å². The largest absolute Gasteiger partial charge is 0.463 e. The van der Waals surface area contributed by atoms with Crippen molar-refractivity contribution in [2.24, 2.45) is 4.99 Å². The lowest BCUT2D eigenvalue weighted by atomic mass is 9.94. The van der Waals surface area contributed by atoms with Gasteiger partial charge in [-0.2, -0.15) is 13.2 Å². The molecule has 15 nitrogen and oxygen atoms in total. The van der Waals surface area contributed by atoms with Gasteiger partial charge in [-0.05, 0) is 18.2 Å². The van der Waals surface area contributed by atoms with Gasteiger partial charge < -0.3 is 47.9 Å². The van der Waals surface area contributed by atoms with Crippen LogP contribution in [0.25, 0.3) is 0 Å². The molecule has 0 radical (unpaired) electrons. The minimum atomic E-state index is -4.81. The number of carbonyl (C=O) groups excluding carboxylic acids is 4. The molecule has 6 rings (SSSR count). The summed E-state index contributed by atoms with van der Waals surface area (Å²) in [6.45, 7) is 1.89. The van der Waals surface area contributed by atoms with E-state index < -0.39 is 119 Å². The summed E-state index contributed by atoms with van der Waals surface area (Å²) in [5, 5.41) is 2.74. The predicted octanol–water partition coefficient (Wildman–Crippen LogP) is 7.13. The first-order valence-electron chi connectivity index (χ1n) is 19.5. The summed E-state index contributed by atoms with van der Waals surface area (Å²) in [5.74, 6) is -2.55. The quantitative estimate of drug-likeness (QED) is 0.0793. The van der Waals surface area contributed by atoms with E-state index in [4.69, 9.17) is 77.4 Å². The van der Waals surface area contributed by atoms with E-state index in [1.807, 2.05) is 0 Å². The molecule has 3 aromatic carbocycles. The predicted molar refractivity (Wildman–Crippen MR) is 224 cm³/mol. The Morgan fingerprint density at radius 1 is 0.812 bits per heavy atom. The van der Waals surface area contributed by atoms with Crippen molar-refractivity contribution in [3.05, 3.63) is 102 Å². The molecule has 64 heavy (non-hydrogen) atoms. The Morgan fingerprint density at radius 2 is 1.45 bits per heavy atom. The summed E-state index contributed by atoms with van der Waals surface area (Å²) in [4.78, 5) is 56.3. The SMILES string of the molecule is CC(=O)OC[C@H]1O[C@H](O[C@@H]2[C@@H](NC(=O)OCC(Cl)(Cl)Cl)[C@H](Sc3ccccc3)O[C@@H]3CO[C@@H](c4ccccc4)O[C@@H]23)[C@H](N=Cc2ccccc2C(F)(F)F)[C@@H](OC(C)=O)[C@H]1OC(C)=O. The molecule has 0 aromatic heterocycles. The van der Waals surface area contributed by atoms with Gasteiger partial charge >= 0.3 is 30.2 Å². The van der Waals surface area contributed by atoms with Crippen LogP contribution in [0.1, 0.15) is 43.8 Å². The fourth-order valence-corrected chi connectivity index (χ4v) is 8.38. The van der Waals surface area contributed by atoms with Gasteiger partial charge in [-0.15, -0.1) is 0 Å². The number of aliphatic imine (C=N–C) groups is 1. The van der Waals surface area contributed by atoms with Crippen molar-refractivity contribution in [3.8, 4) is 0 Å². The molecule has 3 aromatic rings. The highest BCUT2D eigenvalue weighted by molar-refractivity contribution is 7.99. The highest BCUT2D eigenvalue weighted by Crippen LogP contribution is 2.42. The van der Waals surface area contributed by atoms with Crippen LogP contribution in [0, 0.1) is 0 Å². The maximum Gasteiger partial charge on any atom is 0.417 e. The van der Waals surface area contributed by atoms with Gasteiger partial charge in [0.2, 0.25) is 3.79 Å². The summed E-state index contributed by atoms with van der Waals surface area (Å²) in [5.41, 5.74) is -1.86. The second kappa shape index (κ2) is 21.9. The maximum atomic E-state index is 14.2. The number of thioether (sulfide) groups is 1. The van der Waals surface area contributed by atoms with Crippen LogP contribution in [0.2, 0.25) is 0 Å². The van der Waals surface area contributed by atoms with E-state index in [0.29, 0.717) is 10.5 Å². The molecule has 11 atom stereocenters. The van der Waals surface area contributed by atoms with Gasteiger partial charge in [-0.3, -0.25) is 19.4 Å². The number of esters is 3. The number of fused-ring (bicyclic) bond motifs is 1. The van der Waals surface area contributed by atoms with Crippen molar-refractivity contribution in [2.45, 2.75) is 102 Å². The van der Waals surface area contributed by atoms with Crippen molar-refractivity contribution < 1.29 is 75.0 Å². The molecule has 0 aliphatic carbocycles. The van der Waals surface area contributed by atoms with E-state index in [9.17, 15) is 32.3 Å². The smallest absolute Gasteiger partial charge is 0.417 e. The fraction of sp³-hybridized carbons (Fsp3) is 0.452. The van der Waals surface area contributed by atoms with Crippen molar-refractivity contribution in [1.82, 2.24) is 5.32 Å². The second-order valence-electron chi connectivity index (χ2n) is 14.5. The summed E-state index contributed by atoms with van der Waals surface area (Å²) in [6, 6.07) is 19.5. The van der Waals surface area contributed by atoms with Gasteiger partial charge in [0, 0.05) is 43.0 Å². The number of amides is 1. The zero-order valence-electron chi connectivity index (χ0n) is 34.1. The molecule has 0 unspecified atom stereocenters. The van der Waals surface area contributed by atoms with E-state index in [2.05, 4.69) is 10.3 Å². The van der Waals surface area contributed by atoms with Crippen molar-refractivity contribution >= 4 is 76.8 Å². The van der Waals surface area contributed by atoms with Gasteiger partial charge in [0.1, 0.15) is 49.1 Å². The van der Waals surface area contributed by atoms with Crippen LogP contribution in [0.4, 0.5) is 18.0 Å². The molecule has 3 aliphatic rings. The number of benzene rings is 3. The maximum absolute atomic E-state index is 14.2. The van der Waals surface area contributed by atoms with E-state index in [0.717, 1.165) is 39.1 Å². The zero-order chi connectivity index (χ0) is 46.2. The lowest BCUT2D eigenvalue weighted by molar-refractivity contribution is -0.343. The van der Waals surface area contributed by atoms with E-state index in [-0.39, 0.29) is 12.2 Å². The minimum Gasteiger partial charge on any atom is -0.463 e. The van der Waals surface area contributed by atoms with Crippen LogP contribution in [0.15, 0.2) is 94.8 Å². The number of hydrogen-bond acceptors (Lipinski definition) is 15. The second-order valence-corrected chi connectivity index (χ2v) is 18.1. The van der Waals surface area contributed by atoms with Gasteiger partial charge in [-0.25, -0.2) is 4.79 Å². The number of alkyl carbamates (subject to hydrolysis) is 1. The molecule has 3 saturated heterocycles. The van der Waals surface area contributed by atoms with Crippen LogP contribution in [0.5, 0.6) is 0 Å². The first kappa shape index (κ1) is 49.3. The lowest BCUT2D eigenvalue weighted by Gasteiger charge is -2.51. The third-order valence-electron chi connectivity index (χ3n) is 9.67. The average Bonchev–Trinajstić information content (AvgIpc) is 3.23. The molecule has 1 amide bonds. The normalized spacial score (nSPS) is 28.4. The number of alkyl halides is 6. The van der Waals surface area contributed by atoms with Gasteiger partial charge in [0.25, 0.3) is 0 Å². The Kier molecular flexibility index (Phi) is 16.8. The Balaban J connectivity index is 1.50. The Hall–Kier alpha value is -4.18. The molecule has 0 bridgehead atoms. The summed E-state index contributed by atoms with van der Waals surface area (Å²) in [7, 11) is 0. The number of halogens is 6. The minimum absolute atomic E-state index is 0.0681. The summed E-state index contributed by atoms with van der Waals surface area (Å²) >= 11 is 18.9. The third-order valence-corrected chi connectivity index (χ3v) is 11.2. The monoisotopic (exact) mass is 976 g/mol. The molecule has 346 valence electrons. The third kappa shape index (κ3) is 13.4. The molecule has 3 aliphatic heterocycles. The van der Waals surface area contributed by atoms with Gasteiger partial charge in [0.15, 0.2) is 24.8 Å². The standard InChI is InChI=1S/C42H42Cl3F3N2O13S/c1-22(51)55-19-29-33(58-23(2)52)35(59-24(3)53)31(49-18-26-14-10-11-17-28(26)42(46,47)48)38(60-29)63-36-32(50-40(54)57-21-41(43,44)45)39(64-27-15-8-5-9-16-27)61-30-20-56-37(62-34(30)36)25-12-6-4-7-13-25/h4-18,29-39H,19-21H2,1-3H3,(H,50,54)/t29-,30-,31-,32-,33+,34-,35-,36-,37-,38-,39+/m1/s1. The van der Waals surface area contributed by atoms with Crippen molar-refractivity contribution in [2.75, 3.05) is 19.8 Å². The van der Waals surface area contributed by atoms with Crippen LogP contribution >= 0.6 is 46.6 Å². The van der Waals surface area contributed by atoms with E-state index in [1.54, 1.807) is 60.7 Å². The fourth-order valence-electron chi connectivity index (χ4n) is 7.07. The molecular weight excluding hydrogens is 936 g/mol. The van der Waals surface area contributed by atoms with Gasteiger partial charge in [0.05, 0.1) is 18.2 Å². The summed E-state index contributed by atoms with van der Waals surface area (Å²) < 4.78 is 95.2. The highest BCUT2D eigenvalue weighted by Gasteiger charge is 2.57.